The van der Waals surface area contributed by atoms with E-state index in [1.165, 1.54) is 0 Å². The highest BCUT2D eigenvalue weighted by Gasteiger charge is 2.24. The number of hydrogen-bond acceptors (Lipinski definition) is 6. The lowest BCUT2D eigenvalue weighted by Gasteiger charge is -2.18. The fourth-order valence-corrected chi connectivity index (χ4v) is 4.68. The Hall–Kier alpha value is -2.68. The van der Waals surface area contributed by atoms with E-state index < -0.39 is 0 Å². The van der Waals surface area contributed by atoms with Crippen molar-refractivity contribution in [2.24, 2.45) is 0 Å². The van der Waals surface area contributed by atoms with E-state index in [4.69, 9.17) is 20.8 Å². The van der Waals surface area contributed by atoms with Gasteiger partial charge in [-0.15, -0.1) is 10.2 Å². The second-order valence-corrected chi connectivity index (χ2v) is 8.91. The number of rotatable bonds is 7. The van der Waals surface area contributed by atoms with Gasteiger partial charge in [-0.25, -0.2) is 0 Å². The molecule has 3 aromatic rings. The van der Waals surface area contributed by atoms with E-state index in [1.54, 1.807) is 0 Å². The Morgan fingerprint density at radius 2 is 2.06 bits per heavy atom. The van der Waals surface area contributed by atoms with Crippen LogP contribution in [-0.2, 0) is 35.5 Å². The molecule has 1 atom stereocenters. The minimum absolute atomic E-state index is 0.0242. The Morgan fingerprint density at radius 1 is 1.15 bits per heavy atom. The van der Waals surface area contributed by atoms with Gasteiger partial charge in [0.2, 0.25) is 5.91 Å². The van der Waals surface area contributed by atoms with Crippen molar-refractivity contribution in [1.29, 1.82) is 0 Å². The molecule has 1 aromatic carbocycles. The van der Waals surface area contributed by atoms with Crippen molar-refractivity contribution in [3.8, 4) is 11.3 Å². The molecule has 2 aliphatic rings. The molecule has 174 valence electrons. The van der Waals surface area contributed by atoms with Crippen LogP contribution in [0.4, 0.5) is 0 Å². The lowest BCUT2D eigenvalue weighted by Crippen LogP contribution is -2.35. The van der Waals surface area contributed by atoms with E-state index in [0.717, 1.165) is 74.2 Å². The number of furan rings is 1. The lowest BCUT2D eigenvalue weighted by atomic mass is 10.2. The molecule has 2 aromatic heterocycles. The number of ether oxygens (including phenoxy) is 1. The first-order valence-corrected chi connectivity index (χ1v) is 11.9. The first-order chi connectivity index (χ1) is 16.2. The van der Waals surface area contributed by atoms with E-state index >= 15 is 0 Å². The van der Waals surface area contributed by atoms with Gasteiger partial charge in [0.15, 0.2) is 0 Å². The minimum atomic E-state index is -0.297. The number of carbonyl (C=O) groups is 1. The molecule has 0 aliphatic carbocycles. The van der Waals surface area contributed by atoms with Gasteiger partial charge < -0.3 is 19.0 Å². The van der Waals surface area contributed by atoms with Gasteiger partial charge in [0.05, 0.1) is 11.6 Å². The first kappa shape index (κ1) is 22.1. The molecule has 0 radical (unpaired) electrons. The summed E-state index contributed by atoms with van der Waals surface area (Å²) in [5.74, 6) is 3.59. The average Bonchev–Trinajstić information content (AvgIpc) is 3.56. The van der Waals surface area contributed by atoms with Crippen molar-refractivity contribution in [3.05, 3.63) is 58.8 Å². The van der Waals surface area contributed by atoms with Gasteiger partial charge in [-0.05, 0) is 37.1 Å². The number of nitrogens with one attached hydrogen (secondary N) is 1. The minimum Gasteiger partial charge on any atom is -0.460 e. The summed E-state index contributed by atoms with van der Waals surface area (Å²) in [6.07, 6.45) is 2.94. The molecular weight excluding hydrogens is 442 g/mol. The molecule has 0 bridgehead atoms. The maximum absolute atomic E-state index is 12.1. The fourth-order valence-electron chi connectivity index (χ4n) is 4.45. The Morgan fingerprint density at radius 3 is 2.91 bits per heavy atom. The van der Waals surface area contributed by atoms with Gasteiger partial charge >= 0.3 is 0 Å². The number of carbonyl (C=O) groups excluding carboxylic acids is 1. The second kappa shape index (κ2) is 10.1. The molecule has 1 saturated heterocycles. The molecule has 2 aliphatic heterocycles. The predicted molar refractivity (Wildman–Crippen MR) is 124 cm³/mol. The van der Waals surface area contributed by atoms with Gasteiger partial charge in [0.1, 0.15) is 29.3 Å². The molecule has 1 amide bonds. The monoisotopic (exact) mass is 469 g/mol. The topological polar surface area (TPSA) is 85.4 Å². The zero-order valence-corrected chi connectivity index (χ0v) is 19.3. The summed E-state index contributed by atoms with van der Waals surface area (Å²) in [4.78, 5) is 14.5. The van der Waals surface area contributed by atoms with Crippen LogP contribution in [-0.4, -0.2) is 57.9 Å². The van der Waals surface area contributed by atoms with Gasteiger partial charge in [-0.2, -0.15) is 0 Å². The van der Waals surface area contributed by atoms with Crippen LogP contribution in [0.25, 0.3) is 11.3 Å². The van der Waals surface area contributed by atoms with Crippen molar-refractivity contribution in [3.63, 3.8) is 0 Å². The summed E-state index contributed by atoms with van der Waals surface area (Å²) in [5, 5.41) is 12.4. The zero-order valence-electron chi connectivity index (χ0n) is 18.5. The van der Waals surface area contributed by atoms with Gasteiger partial charge in [-0.3, -0.25) is 9.69 Å². The van der Waals surface area contributed by atoms with Crippen LogP contribution in [0.1, 0.15) is 30.3 Å². The van der Waals surface area contributed by atoms with Crippen LogP contribution in [0, 0.1) is 0 Å². The van der Waals surface area contributed by atoms with Crippen molar-refractivity contribution >= 4 is 17.5 Å². The Labute approximate surface area is 197 Å². The van der Waals surface area contributed by atoms with E-state index in [1.807, 2.05) is 36.4 Å². The summed E-state index contributed by atoms with van der Waals surface area (Å²) < 4.78 is 13.7. The molecule has 0 saturated carbocycles. The molecule has 5 rings (SSSR count). The number of hydrogen-bond donors (Lipinski definition) is 1. The Balaban J connectivity index is 1.15. The number of amides is 1. The fraction of sp³-hybridized carbons (Fsp3) is 0.458. The average molecular weight is 470 g/mol. The number of benzene rings is 1. The van der Waals surface area contributed by atoms with Crippen molar-refractivity contribution < 1.29 is 13.9 Å². The van der Waals surface area contributed by atoms with Crippen LogP contribution in [0.3, 0.4) is 0 Å². The predicted octanol–water partition coefficient (Wildman–Crippen LogP) is 3.09. The standard InChI is InChI=1S/C24H28ClN5O3/c25-19-5-2-1-4-18(19)20-8-7-17(33-20)16-29-12-10-23-28-27-22(30(23)14-13-29)9-11-26-24(31)21-6-3-15-32-21/h1-2,4-5,7-8,21H,3,6,9-16H2,(H,26,31)/t21-/m1/s1. The molecule has 1 N–H and O–H groups in total. The van der Waals surface area contributed by atoms with Crippen LogP contribution < -0.4 is 5.32 Å². The highest BCUT2D eigenvalue weighted by molar-refractivity contribution is 6.33. The van der Waals surface area contributed by atoms with E-state index in [9.17, 15) is 4.79 Å². The third-order valence-corrected chi connectivity index (χ3v) is 6.58. The Bertz CT molecular complexity index is 1110. The number of aromatic nitrogens is 3. The highest BCUT2D eigenvalue weighted by Crippen LogP contribution is 2.29. The first-order valence-electron chi connectivity index (χ1n) is 11.5. The highest BCUT2D eigenvalue weighted by atomic mass is 35.5. The van der Waals surface area contributed by atoms with Gasteiger partial charge in [-0.1, -0.05) is 23.7 Å². The molecule has 0 spiro atoms. The molecule has 1 fully saturated rings. The van der Waals surface area contributed by atoms with Gasteiger partial charge in [0.25, 0.3) is 0 Å². The summed E-state index contributed by atoms with van der Waals surface area (Å²) in [6, 6.07) is 11.7. The van der Waals surface area contributed by atoms with Crippen LogP contribution in [0.5, 0.6) is 0 Å². The summed E-state index contributed by atoms with van der Waals surface area (Å²) in [7, 11) is 0. The molecule has 33 heavy (non-hydrogen) atoms. The largest absolute Gasteiger partial charge is 0.460 e. The smallest absolute Gasteiger partial charge is 0.249 e. The molecule has 9 heteroatoms. The summed E-state index contributed by atoms with van der Waals surface area (Å²) in [5.41, 5.74) is 0.906. The maximum Gasteiger partial charge on any atom is 0.249 e. The second-order valence-electron chi connectivity index (χ2n) is 8.50. The SMILES string of the molecule is O=C(NCCc1nnc2n1CCN(Cc1ccc(-c3ccccc3Cl)o1)CC2)[C@H]1CCCO1. The number of halogens is 1. The third-order valence-electron chi connectivity index (χ3n) is 6.25. The molecule has 0 unspecified atom stereocenters. The maximum atomic E-state index is 12.1. The molecular formula is C24H28ClN5O3. The number of fused-ring (bicyclic) bond motifs is 1. The zero-order chi connectivity index (χ0) is 22.6. The van der Waals surface area contributed by atoms with E-state index in [0.29, 0.717) is 24.6 Å². The van der Waals surface area contributed by atoms with Crippen molar-refractivity contribution in [1.82, 2.24) is 25.0 Å². The summed E-state index contributed by atoms with van der Waals surface area (Å²) >= 11 is 6.31. The Kier molecular flexibility index (Phi) is 6.75. The molecule has 4 heterocycles. The number of nitrogens with zero attached hydrogens (tertiary/aromatic N) is 4. The lowest BCUT2D eigenvalue weighted by molar-refractivity contribution is -0.130. The third kappa shape index (κ3) is 5.13. The van der Waals surface area contributed by atoms with E-state index in [-0.39, 0.29) is 12.0 Å². The summed E-state index contributed by atoms with van der Waals surface area (Å²) in [6.45, 7) is 4.52. The normalized spacial score (nSPS) is 18.8. The van der Waals surface area contributed by atoms with Crippen LogP contribution in [0.15, 0.2) is 40.8 Å². The quantitative estimate of drug-likeness (QED) is 0.572. The van der Waals surface area contributed by atoms with Crippen molar-refractivity contribution in [2.45, 2.75) is 44.9 Å². The molecule has 8 nitrogen and oxygen atoms in total. The van der Waals surface area contributed by atoms with Crippen molar-refractivity contribution in [2.75, 3.05) is 26.2 Å². The van der Waals surface area contributed by atoms with Crippen LogP contribution >= 0.6 is 11.6 Å². The van der Waals surface area contributed by atoms with E-state index in [2.05, 4.69) is 25.0 Å². The van der Waals surface area contributed by atoms with Crippen LogP contribution in [0.2, 0.25) is 5.02 Å². The van der Waals surface area contributed by atoms with Gasteiger partial charge in [0, 0.05) is 51.2 Å².